The van der Waals surface area contributed by atoms with Crippen LogP contribution in [0.1, 0.15) is 23.8 Å². The molecule has 0 spiro atoms. The summed E-state index contributed by atoms with van der Waals surface area (Å²) < 4.78 is 4.21. The fourth-order valence-electron chi connectivity index (χ4n) is 2.68. The van der Waals surface area contributed by atoms with Gasteiger partial charge in [-0.25, -0.2) is 4.98 Å². The van der Waals surface area contributed by atoms with E-state index in [4.69, 9.17) is 16.6 Å². The average Bonchev–Trinajstić information content (AvgIpc) is 2.91. The number of hydrogen-bond acceptors (Lipinski definition) is 4. The standard InChI is InChI=1S/C13H19ClN4S2/c1-8(14)12-15-11-9(2)16-17(3)13(11)18(12)6-10-7-19-4-5-20-10/h8,10H,4-7H2,1-3H3. The fourth-order valence-corrected chi connectivity index (χ4v) is 5.50. The van der Waals surface area contributed by atoms with Crippen LogP contribution in [0.2, 0.25) is 0 Å². The summed E-state index contributed by atoms with van der Waals surface area (Å²) in [5.74, 6) is 4.68. The van der Waals surface area contributed by atoms with Crippen LogP contribution in [-0.4, -0.2) is 41.8 Å². The molecule has 1 aliphatic heterocycles. The van der Waals surface area contributed by atoms with E-state index in [1.165, 1.54) is 17.3 Å². The molecular formula is C13H19ClN4S2. The summed E-state index contributed by atoms with van der Waals surface area (Å²) in [7, 11) is 1.99. The van der Waals surface area contributed by atoms with E-state index in [0.29, 0.717) is 5.25 Å². The molecule has 2 atom stereocenters. The summed E-state index contributed by atoms with van der Waals surface area (Å²) in [6, 6.07) is 0. The number of nitrogens with zero attached hydrogens (tertiary/aromatic N) is 4. The van der Waals surface area contributed by atoms with E-state index in [0.717, 1.165) is 29.2 Å². The van der Waals surface area contributed by atoms with Crippen molar-refractivity contribution in [2.24, 2.45) is 7.05 Å². The maximum atomic E-state index is 6.33. The molecule has 0 bridgehead atoms. The molecule has 3 rings (SSSR count). The number of hydrogen-bond donors (Lipinski definition) is 0. The minimum atomic E-state index is -0.0805. The van der Waals surface area contributed by atoms with Gasteiger partial charge in [-0.15, -0.1) is 11.6 Å². The monoisotopic (exact) mass is 330 g/mol. The van der Waals surface area contributed by atoms with Gasteiger partial charge >= 0.3 is 0 Å². The molecule has 110 valence electrons. The zero-order valence-electron chi connectivity index (χ0n) is 12.0. The minimum absolute atomic E-state index is 0.0805. The molecule has 20 heavy (non-hydrogen) atoms. The molecule has 0 N–H and O–H groups in total. The largest absolute Gasteiger partial charge is 0.311 e. The van der Waals surface area contributed by atoms with Crippen molar-refractivity contribution in [2.75, 3.05) is 17.3 Å². The van der Waals surface area contributed by atoms with Gasteiger partial charge in [0.1, 0.15) is 11.3 Å². The third-order valence-corrected chi connectivity index (χ3v) is 6.57. The van der Waals surface area contributed by atoms with Crippen molar-refractivity contribution in [2.45, 2.75) is 31.0 Å². The Hall–Kier alpha value is -0.330. The number of rotatable bonds is 3. The van der Waals surface area contributed by atoms with E-state index in [1.807, 2.05) is 37.3 Å². The van der Waals surface area contributed by atoms with E-state index in [9.17, 15) is 0 Å². The second-order valence-corrected chi connectivity index (χ2v) is 8.36. The average molecular weight is 331 g/mol. The summed E-state index contributed by atoms with van der Waals surface area (Å²) in [6.45, 7) is 4.97. The second-order valence-electron chi connectivity index (χ2n) is 5.15. The number of imidazole rings is 1. The van der Waals surface area contributed by atoms with Gasteiger partial charge in [-0.3, -0.25) is 4.68 Å². The van der Waals surface area contributed by atoms with Crippen molar-refractivity contribution < 1.29 is 0 Å². The quantitative estimate of drug-likeness (QED) is 0.809. The predicted octanol–water partition coefficient (Wildman–Crippen LogP) is 3.23. The Morgan fingerprint density at radius 2 is 2.25 bits per heavy atom. The fraction of sp³-hybridized carbons (Fsp3) is 0.692. The molecule has 3 heterocycles. The van der Waals surface area contributed by atoms with E-state index in [-0.39, 0.29) is 5.38 Å². The summed E-state index contributed by atoms with van der Waals surface area (Å²) in [5.41, 5.74) is 3.06. The SMILES string of the molecule is Cc1nn(C)c2c1nc(C(C)Cl)n2CC1CSCCS1. The molecule has 7 heteroatoms. The smallest absolute Gasteiger partial charge is 0.158 e. The highest BCUT2D eigenvalue weighted by Gasteiger charge is 2.23. The molecule has 2 aromatic heterocycles. The van der Waals surface area contributed by atoms with Gasteiger partial charge in [0.15, 0.2) is 5.65 Å². The normalized spacial score (nSPS) is 21.5. The maximum absolute atomic E-state index is 6.33. The van der Waals surface area contributed by atoms with Gasteiger partial charge in [-0.05, 0) is 13.8 Å². The Morgan fingerprint density at radius 1 is 1.45 bits per heavy atom. The lowest BCUT2D eigenvalue weighted by atomic mass is 10.4. The summed E-state index contributed by atoms with van der Waals surface area (Å²) in [4.78, 5) is 4.73. The first-order valence-electron chi connectivity index (χ1n) is 6.81. The number of aryl methyl sites for hydroxylation is 2. The third kappa shape index (κ3) is 2.57. The van der Waals surface area contributed by atoms with Crippen LogP contribution in [0.15, 0.2) is 0 Å². The number of fused-ring (bicyclic) bond motifs is 1. The van der Waals surface area contributed by atoms with Crippen LogP contribution in [0.25, 0.3) is 11.2 Å². The van der Waals surface area contributed by atoms with Gasteiger partial charge in [0.05, 0.1) is 11.1 Å². The Balaban J connectivity index is 2.03. The topological polar surface area (TPSA) is 35.6 Å². The molecule has 2 unspecified atom stereocenters. The van der Waals surface area contributed by atoms with Crippen LogP contribution in [-0.2, 0) is 13.6 Å². The Morgan fingerprint density at radius 3 is 2.90 bits per heavy atom. The van der Waals surface area contributed by atoms with E-state index < -0.39 is 0 Å². The molecule has 0 saturated carbocycles. The third-order valence-electron chi connectivity index (χ3n) is 3.55. The molecule has 4 nitrogen and oxygen atoms in total. The number of thioether (sulfide) groups is 2. The lowest BCUT2D eigenvalue weighted by Crippen LogP contribution is -2.22. The number of halogens is 1. The van der Waals surface area contributed by atoms with Gasteiger partial charge in [-0.2, -0.15) is 28.6 Å². The predicted molar refractivity (Wildman–Crippen MR) is 89.1 cm³/mol. The van der Waals surface area contributed by atoms with E-state index in [1.54, 1.807) is 0 Å². The minimum Gasteiger partial charge on any atom is -0.311 e. The molecular weight excluding hydrogens is 312 g/mol. The van der Waals surface area contributed by atoms with Crippen LogP contribution < -0.4 is 0 Å². The van der Waals surface area contributed by atoms with Gasteiger partial charge in [-0.1, -0.05) is 0 Å². The van der Waals surface area contributed by atoms with Crippen LogP contribution in [0.5, 0.6) is 0 Å². The molecule has 0 radical (unpaired) electrons. The molecule has 2 aromatic rings. The van der Waals surface area contributed by atoms with Gasteiger partial charge in [0.25, 0.3) is 0 Å². The number of alkyl halides is 1. The summed E-state index contributed by atoms with van der Waals surface area (Å²) in [5, 5.41) is 5.04. The molecule has 1 aliphatic rings. The van der Waals surface area contributed by atoms with Crippen LogP contribution in [0, 0.1) is 6.92 Å². The summed E-state index contributed by atoms with van der Waals surface area (Å²) in [6.07, 6.45) is 0. The first-order chi connectivity index (χ1) is 9.58. The first kappa shape index (κ1) is 14.6. The van der Waals surface area contributed by atoms with Crippen LogP contribution >= 0.6 is 35.1 Å². The van der Waals surface area contributed by atoms with Crippen molar-refractivity contribution in [1.29, 1.82) is 0 Å². The number of aromatic nitrogens is 4. The lowest BCUT2D eigenvalue weighted by Gasteiger charge is -2.23. The first-order valence-corrected chi connectivity index (χ1v) is 9.45. The highest BCUT2D eigenvalue weighted by molar-refractivity contribution is 8.06. The molecule has 1 saturated heterocycles. The van der Waals surface area contributed by atoms with Crippen molar-refractivity contribution in [1.82, 2.24) is 19.3 Å². The van der Waals surface area contributed by atoms with E-state index >= 15 is 0 Å². The van der Waals surface area contributed by atoms with Gasteiger partial charge in [0, 0.05) is 36.1 Å². The molecule has 0 aliphatic carbocycles. The molecule has 0 aromatic carbocycles. The molecule has 1 fully saturated rings. The maximum Gasteiger partial charge on any atom is 0.158 e. The van der Waals surface area contributed by atoms with Gasteiger partial charge < -0.3 is 4.57 Å². The Kier molecular flexibility index (Phi) is 4.24. The summed E-state index contributed by atoms with van der Waals surface area (Å²) >= 11 is 10.4. The van der Waals surface area contributed by atoms with Crippen molar-refractivity contribution in [3.05, 3.63) is 11.5 Å². The van der Waals surface area contributed by atoms with Crippen molar-refractivity contribution >= 4 is 46.3 Å². The van der Waals surface area contributed by atoms with E-state index in [2.05, 4.69) is 21.4 Å². The molecule has 0 amide bonds. The van der Waals surface area contributed by atoms with Crippen molar-refractivity contribution in [3.8, 4) is 0 Å². The zero-order chi connectivity index (χ0) is 14.3. The Bertz CT molecular complexity index is 613. The lowest BCUT2D eigenvalue weighted by molar-refractivity contribution is 0.636. The highest BCUT2D eigenvalue weighted by Crippen LogP contribution is 2.30. The zero-order valence-corrected chi connectivity index (χ0v) is 14.4. The van der Waals surface area contributed by atoms with Crippen LogP contribution in [0.4, 0.5) is 0 Å². The highest BCUT2D eigenvalue weighted by atomic mass is 35.5. The van der Waals surface area contributed by atoms with Crippen molar-refractivity contribution in [3.63, 3.8) is 0 Å². The van der Waals surface area contributed by atoms with Crippen LogP contribution in [0.3, 0.4) is 0 Å². The Labute approximate surface area is 132 Å². The second kappa shape index (κ2) is 5.81. The van der Waals surface area contributed by atoms with Gasteiger partial charge in [0.2, 0.25) is 0 Å².